The van der Waals surface area contributed by atoms with E-state index in [1.54, 1.807) is 25.1 Å². The van der Waals surface area contributed by atoms with Crippen molar-refractivity contribution in [2.24, 2.45) is 5.92 Å². The van der Waals surface area contributed by atoms with Gasteiger partial charge in [0.25, 0.3) is 0 Å². The number of carbonyl (C=O) groups excluding carboxylic acids is 1. The molecule has 5 rings (SSSR count). The molecule has 1 aromatic heterocycles. The number of benzene rings is 3. The average Bonchev–Trinajstić information content (AvgIpc) is 3.42. The van der Waals surface area contributed by atoms with Gasteiger partial charge < -0.3 is 14.6 Å². The molecule has 186 valence electrons. The number of hydrogen-bond acceptors (Lipinski definition) is 6. The minimum atomic E-state index is -0.390. The molecule has 0 spiro atoms. The molecule has 7 heteroatoms. The largest absolute Gasteiger partial charge is 0.508 e. The molecule has 4 aromatic rings. The summed E-state index contributed by atoms with van der Waals surface area (Å²) in [5.41, 5.74) is 0.962. The number of ketones is 1. The van der Waals surface area contributed by atoms with Gasteiger partial charge in [0.05, 0.1) is 0 Å². The Morgan fingerprint density at radius 2 is 1.89 bits per heavy atom. The van der Waals surface area contributed by atoms with Gasteiger partial charge in [-0.05, 0) is 92.0 Å². The van der Waals surface area contributed by atoms with Crippen molar-refractivity contribution in [3.63, 3.8) is 0 Å². The molecule has 1 saturated heterocycles. The highest BCUT2D eigenvalue weighted by molar-refractivity contribution is 7.21. The smallest absolute Gasteiger partial charge is 0.207 e. The summed E-state index contributed by atoms with van der Waals surface area (Å²) in [4.78, 5) is 16.3. The van der Waals surface area contributed by atoms with Gasteiger partial charge in [-0.3, -0.25) is 9.69 Å². The lowest BCUT2D eigenvalue weighted by Crippen LogP contribution is -2.25. The molecule has 1 aliphatic rings. The Morgan fingerprint density at radius 3 is 2.61 bits per heavy atom. The minimum absolute atomic E-state index is 0.108. The van der Waals surface area contributed by atoms with Gasteiger partial charge in [0.1, 0.15) is 34.5 Å². The lowest BCUT2D eigenvalue weighted by Gasteiger charge is -2.15. The zero-order valence-corrected chi connectivity index (χ0v) is 21.1. The molecule has 1 aliphatic heterocycles. The number of thiophene rings is 1. The molecule has 0 bridgehead atoms. The van der Waals surface area contributed by atoms with Crippen molar-refractivity contribution in [2.75, 3.05) is 26.2 Å². The van der Waals surface area contributed by atoms with Crippen molar-refractivity contribution < 1.29 is 23.8 Å². The highest BCUT2D eigenvalue weighted by Crippen LogP contribution is 2.43. The molecule has 0 unspecified atom stereocenters. The summed E-state index contributed by atoms with van der Waals surface area (Å²) in [7, 11) is 0. The number of aromatic hydroxyl groups is 1. The van der Waals surface area contributed by atoms with Crippen LogP contribution in [0, 0.1) is 18.7 Å². The molecule has 0 radical (unpaired) electrons. The maximum atomic E-state index is 13.6. The van der Waals surface area contributed by atoms with E-state index in [-0.39, 0.29) is 17.3 Å². The Hall–Kier alpha value is -3.42. The molecule has 0 aliphatic carbocycles. The van der Waals surface area contributed by atoms with E-state index in [9.17, 15) is 14.3 Å². The lowest BCUT2D eigenvalue weighted by atomic mass is 10.0. The first-order chi connectivity index (χ1) is 17.4. The zero-order chi connectivity index (χ0) is 25.2. The van der Waals surface area contributed by atoms with E-state index < -0.39 is 0 Å². The molecule has 2 heterocycles. The van der Waals surface area contributed by atoms with E-state index in [1.165, 1.54) is 36.0 Å². The first kappa shape index (κ1) is 24.3. The second-order valence-corrected chi connectivity index (χ2v) is 10.4. The first-order valence-corrected chi connectivity index (χ1v) is 12.9. The van der Waals surface area contributed by atoms with E-state index in [1.807, 2.05) is 24.3 Å². The molecule has 36 heavy (non-hydrogen) atoms. The Bertz CT molecular complexity index is 1400. The van der Waals surface area contributed by atoms with Gasteiger partial charge in [-0.1, -0.05) is 6.92 Å². The van der Waals surface area contributed by atoms with Crippen LogP contribution in [-0.4, -0.2) is 42.0 Å². The summed E-state index contributed by atoms with van der Waals surface area (Å²) < 4.78 is 26.5. The maximum absolute atomic E-state index is 13.6. The van der Waals surface area contributed by atoms with Gasteiger partial charge in [0, 0.05) is 28.7 Å². The van der Waals surface area contributed by atoms with Gasteiger partial charge in [-0.15, -0.1) is 11.3 Å². The van der Waals surface area contributed by atoms with E-state index in [4.69, 9.17) is 9.47 Å². The van der Waals surface area contributed by atoms with Crippen LogP contribution in [0.2, 0.25) is 0 Å². The van der Waals surface area contributed by atoms with Crippen LogP contribution in [0.4, 0.5) is 4.39 Å². The standard InChI is InChI=1S/C29H28FNO4S/c1-18-11-12-31(17-18)13-14-34-22-5-7-23(8-6-22)35-28-25-10-4-21(32)16-26(25)36-29(28)27(33)24-9-3-20(30)15-19(24)2/h3-10,15-16,18,32H,11-14,17H2,1-2H3/t18-/m0/s1. The Morgan fingerprint density at radius 1 is 1.11 bits per heavy atom. The van der Waals surface area contributed by atoms with E-state index in [0.717, 1.165) is 41.4 Å². The second kappa shape index (κ2) is 10.3. The third kappa shape index (κ3) is 5.22. The third-order valence-corrected chi connectivity index (χ3v) is 7.63. The van der Waals surface area contributed by atoms with Crippen LogP contribution in [0.25, 0.3) is 10.1 Å². The first-order valence-electron chi connectivity index (χ1n) is 12.1. The monoisotopic (exact) mass is 505 g/mol. The van der Waals surface area contributed by atoms with Gasteiger partial charge in [0.2, 0.25) is 5.78 Å². The van der Waals surface area contributed by atoms with Gasteiger partial charge in [-0.2, -0.15) is 0 Å². The second-order valence-electron chi connectivity index (χ2n) is 9.35. The molecule has 0 saturated carbocycles. The van der Waals surface area contributed by atoms with E-state index >= 15 is 0 Å². The molecule has 1 fully saturated rings. The van der Waals surface area contributed by atoms with Crippen LogP contribution in [0.1, 0.15) is 34.1 Å². The van der Waals surface area contributed by atoms with Crippen molar-refractivity contribution in [1.82, 2.24) is 4.90 Å². The molecular weight excluding hydrogens is 477 g/mol. The summed E-state index contributed by atoms with van der Waals surface area (Å²) in [6.07, 6.45) is 1.24. The number of nitrogens with zero attached hydrogens (tertiary/aromatic N) is 1. The van der Waals surface area contributed by atoms with Crippen molar-refractivity contribution >= 4 is 27.2 Å². The maximum Gasteiger partial charge on any atom is 0.207 e. The van der Waals surface area contributed by atoms with Gasteiger partial charge >= 0.3 is 0 Å². The Balaban J connectivity index is 1.37. The highest BCUT2D eigenvalue weighted by Gasteiger charge is 2.24. The molecule has 1 N–H and O–H groups in total. The number of fused-ring (bicyclic) bond motifs is 1. The fourth-order valence-electron chi connectivity index (χ4n) is 4.56. The van der Waals surface area contributed by atoms with Gasteiger partial charge in [-0.25, -0.2) is 4.39 Å². The number of ether oxygens (including phenoxy) is 2. The molecule has 1 atom stereocenters. The number of phenols is 1. The third-order valence-electron chi connectivity index (χ3n) is 6.50. The highest BCUT2D eigenvalue weighted by atomic mass is 32.1. The van der Waals surface area contributed by atoms with E-state index in [2.05, 4.69) is 11.8 Å². The summed E-state index contributed by atoms with van der Waals surface area (Å²) in [5.74, 6) is 1.96. The normalized spacial score (nSPS) is 15.9. The number of carbonyl (C=O) groups is 1. The van der Waals surface area contributed by atoms with Crippen LogP contribution < -0.4 is 9.47 Å². The number of aryl methyl sites for hydroxylation is 1. The van der Waals surface area contributed by atoms with E-state index in [0.29, 0.717) is 34.1 Å². The number of phenolic OH excluding ortho intramolecular Hbond substituents is 1. The summed E-state index contributed by atoms with van der Waals surface area (Å²) in [5, 5.41) is 10.7. The summed E-state index contributed by atoms with van der Waals surface area (Å²) in [6.45, 7) is 7.77. The fourth-order valence-corrected chi connectivity index (χ4v) is 5.68. The Kier molecular flexibility index (Phi) is 6.94. The topological polar surface area (TPSA) is 59.0 Å². The summed E-state index contributed by atoms with van der Waals surface area (Å²) in [6, 6.07) is 16.4. The minimum Gasteiger partial charge on any atom is -0.508 e. The van der Waals surface area contributed by atoms with Crippen molar-refractivity contribution in [3.8, 4) is 23.0 Å². The Labute approximate surface area is 213 Å². The number of hydrogen-bond donors (Lipinski definition) is 1. The van der Waals surface area contributed by atoms with Crippen LogP contribution in [0.5, 0.6) is 23.0 Å². The number of likely N-dealkylation sites (tertiary alicyclic amines) is 1. The predicted octanol–water partition coefficient (Wildman–Crippen LogP) is 6.80. The van der Waals surface area contributed by atoms with Crippen LogP contribution in [0.15, 0.2) is 60.7 Å². The number of halogens is 1. The molecule has 5 nitrogen and oxygen atoms in total. The van der Waals surface area contributed by atoms with Crippen LogP contribution >= 0.6 is 11.3 Å². The molecule has 3 aromatic carbocycles. The zero-order valence-electron chi connectivity index (χ0n) is 20.3. The predicted molar refractivity (Wildman–Crippen MR) is 140 cm³/mol. The van der Waals surface area contributed by atoms with Crippen molar-refractivity contribution in [1.29, 1.82) is 0 Å². The van der Waals surface area contributed by atoms with Gasteiger partial charge in [0.15, 0.2) is 5.75 Å². The SMILES string of the molecule is Cc1cc(F)ccc1C(=O)c1sc2cc(O)ccc2c1Oc1ccc(OCCN2CC[C@H](C)C2)cc1. The lowest BCUT2D eigenvalue weighted by molar-refractivity contribution is 0.104. The molecular formula is C29H28FNO4S. The average molecular weight is 506 g/mol. The van der Waals surface area contributed by atoms with Crippen LogP contribution in [-0.2, 0) is 0 Å². The van der Waals surface area contributed by atoms with Crippen molar-refractivity contribution in [2.45, 2.75) is 20.3 Å². The van der Waals surface area contributed by atoms with Crippen LogP contribution in [0.3, 0.4) is 0 Å². The van der Waals surface area contributed by atoms with Crippen molar-refractivity contribution in [3.05, 3.63) is 82.5 Å². The quantitative estimate of drug-likeness (QED) is 0.267. The number of rotatable bonds is 8. The fraction of sp³-hybridized carbons (Fsp3) is 0.276. The molecule has 0 amide bonds. The summed E-state index contributed by atoms with van der Waals surface area (Å²) >= 11 is 1.24.